The summed E-state index contributed by atoms with van der Waals surface area (Å²) in [6, 6.07) is 0. The summed E-state index contributed by atoms with van der Waals surface area (Å²) in [5.41, 5.74) is -0.0846. The lowest BCUT2D eigenvalue weighted by Gasteiger charge is -2.71. The molecule has 0 radical (unpaired) electrons. The van der Waals surface area contributed by atoms with Crippen LogP contribution in [0.3, 0.4) is 0 Å². The highest BCUT2D eigenvalue weighted by molar-refractivity contribution is 5.73. The minimum atomic E-state index is -0.635. The summed E-state index contributed by atoms with van der Waals surface area (Å²) >= 11 is 0. The summed E-state index contributed by atoms with van der Waals surface area (Å²) in [5, 5.41) is 11.0. The highest BCUT2D eigenvalue weighted by Crippen LogP contribution is 2.75. The van der Waals surface area contributed by atoms with E-state index in [0.717, 1.165) is 32.1 Å². The highest BCUT2D eigenvalue weighted by Gasteiger charge is 2.72. The van der Waals surface area contributed by atoms with Crippen molar-refractivity contribution in [1.29, 1.82) is 0 Å². The van der Waals surface area contributed by atoms with Crippen LogP contribution >= 0.6 is 0 Å². The van der Waals surface area contributed by atoms with Gasteiger partial charge in [0.25, 0.3) is 0 Å². The Labute approximate surface area is 285 Å². The molecule has 2 unspecified atom stereocenters. The standard InChI is InChI=1S/C40H67NO6/c1-24(2)26(5)35(7)18-19-37(9)28-14-15-31-36(8)21-45-23-40(31,29(28)16-17-38(37,10)32(35)34(43)44)20-30(47-27(6)42)33(36)46-22-39(11,25(3)4)41(12)13/h16,24-26,28,30-33H,14-15,17-23H2,1-13H3,(H,43,44)/t26-,28+,30-,31+,32-,33+,35-,36?,37-,38+,39?,40+/m1/s1. The summed E-state index contributed by atoms with van der Waals surface area (Å²) in [4.78, 5) is 28.3. The van der Waals surface area contributed by atoms with Crippen LogP contribution in [-0.4, -0.2) is 73.6 Å². The fourth-order valence-corrected chi connectivity index (χ4v) is 12.3. The Bertz CT molecular complexity index is 1250. The molecule has 0 spiro atoms. The van der Waals surface area contributed by atoms with Gasteiger partial charge in [0.2, 0.25) is 0 Å². The van der Waals surface area contributed by atoms with E-state index in [2.05, 4.69) is 94.3 Å². The molecule has 1 saturated heterocycles. The highest BCUT2D eigenvalue weighted by atomic mass is 16.6. The number of nitrogens with zero attached hydrogens (tertiary/aromatic N) is 1. The number of hydrogen-bond donors (Lipinski definition) is 1. The van der Waals surface area contributed by atoms with Gasteiger partial charge in [-0.2, -0.15) is 0 Å². The average Bonchev–Trinajstić information content (AvgIpc) is 2.96. The summed E-state index contributed by atoms with van der Waals surface area (Å²) in [6.45, 7) is 26.1. The Kier molecular flexibility index (Phi) is 9.49. The van der Waals surface area contributed by atoms with Crippen LogP contribution in [0.4, 0.5) is 0 Å². The fraction of sp³-hybridized carbons (Fsp3) is 0.900. The zero-order valence-electron chi connectivity index (χ0n) is 32.0. The number of hydrogen-bond acceptors (Lipinski definition) is 6. The van der Waals surface area contributed by atoms with Crippen LogP contribution in [-0.2, 0) is 23.8 Å². The lowest BCUT2D eigenvalue weighted by atomic mass is 9.34. The number of aliphatic carboxylic acids is 1. The lowest BCUT2D eigenvalue weighted by Crippen LogP contribution is -2.70. The molecule has 47 heavy (non-hydrogen) atoms. The van der Waals surface area contributed by atoms with E-state index >= 15 is 0 Å². The second-order valence-electron chi connectivity index (χ2n) is 18.8. The molecule has 5 rings (SSSR count). The Morgan fingerprint density at radius 2 is 1.70 bits per heavy atom. The zero-order valence-corrected chi connectivity index (χ0v) is 32.0. The molecule has 0 aromatic heterocycles. The van der Waals surface area contributed by atoms with Crippen molar-refractivity contribution in [3.8, 4) is 0 Å². The number of esters is 1. The Morgan fingerprint density at radius 1 is 1.04 bits per heavy atom. The maximum absolute atomic E-state index is 13.4. The summed E-state index contributed by atoms with van der Waals surface area (Å²) in [6.07, 6.45) is 7.32. The van der Waals surface area contributed by atoms with Crippen LogP contribution in [0.2, 0.25) is 0 Å². The van der Waals surface area contributed by atoms with Crippen molar-refractivity contribution in [2.24, 2.45) is 62.6 Å². The van der Waals surface area contributed by atoms with Gasteiger partial charge in [-0.1, -0.05) is 74.0 Å². The van der Waals surface area contributed by atoms with Crippen molar-refractivity contribution in [1.82, 2.24) is 4.90 Å². The molecule has 0 aromatic rings. The number of carboxylic acid groups (broad SMARTS) is 1. The van der Waals surface area contributed by atoms with Crippen molar-refractivity contribution in [3.05, 3.63) is 11.6 Å². The van der Waals surface area contributed by atoms with Gasteiger partial charge in [0.05, 0.1) is 25.7 Å². The van der Waals surface area contributed by atoms with E-state index < -0.39 is 11.9 Å². The first kappa shape index (κ1) is 36.8. The number of likely N-dealkylation sites (N-methyl/N-ethyl adjacent to an activating group) is 1. The van der Waals surface area contributed by atoms with Gasteiger partial charge in [0.1, 0.15) is 12.2 Å². The minimum Gasteiger partial charge on any atom is -0.481 e. The maximum atomic E-state index is 13.4. The van der Waals surface area contributed by atoms with E-state index in [0.29, 0.717) is 49.9 Å². The Hall–Kier alpha value is -1.44. The number of carboxylic acids is 1. The van der Waals surface area contributed by atoms with Gasteiger partial charge in [-0.25, -0.2) is 0 Å². The molecule has 1 N–H and O–H groups in total. The Morgan fingerprint density at radius 3 is 2.26 bits per heavy atom. The number of ether oxygens (including phenoxy) is 3. The summed E-state index contributed by atoms with van der Waals surface area (Å²) in [7, 11) is 4.23. The SMILES string of the molecule is CC(=O)O[C@@H]1C[C@@]23COCC(C)([C@H]1OCC(C)(C(C)C)N(C)C)[C@@H]2CC[C@H]1C3=CC[C@@]2(C)[C@H](C(=O)O)[C@@](C)([C@H](C)C(C)C)CC[C@]12C. The predicted molar refractivity (Wildman–Crippen MR) is 186 cm³/mol. The van der Waals surface area contributed by atoms with E-state index in [-0.39, 0.29) is 56.7 Å². The van der Waals surface area contributed by atoms with Gasteiger partial charge >= 0.3 is 11.9 Å². The van der Waals surface area contributed by atoms with Gasteiger partial charge in [-0.05, 0) is 105 Å². The van der Waals surface area contributed by atoms with E-state index in [1.165, 1.54) is 12.5 Å². The molecule has 4 fully saturated rings. The molecular weight excluding hydrogens is 590 g/mol. The first-order chi connectivity index (χ1) is 21.7. The van der Waals surface area contributed by atoms with Crippen LogP contribution in [0.25, 0.3) is 0 Å². The zero-order chi connectivity index (χ0) is 35.1. The number of carbonyl (C=O) groups excluding carboxylic acids is 1. The van der Waals surface area contributed by atoms with Crippen LogP contribution in [0.5, 0.6) is 0 Å². The molecule has 1 aliphatic heterocycles. The molecule has 7 nitrogen and oxygen atoms in total. The fourth-order valence-electron chi connectivity index (χ4n) is 12.3. The average molecular weight is 658 g/mol. The van der Waals surface area contributed by atoms with Crippen LogP contribution < -0.4 is 0 Å². The van der Waals surface area contributed by atoms with E-state index in [4.69, 9.17) is 14.2 Å². The van der Waals surface area contributed by atoms with Gasteiger partial charge in [-0.3, -0.25) is 9.59 Å². The number of carbonyl (C=O) groups is 2. The molecule has 268 valence electrons. The third-order valence-corrected chi connectivity index (χ3v) is 16.2. The monoisotopic (exact) mass is 657 g/mol. The van der Waals surface area contributed by atoms with E-state index in [1.807, 2.05) is 0 Å². The maximum Gasteiger partial charge on any atom is 0.307 e. The molecule has 3 saturated carbocycles. The predicted octanol–water partition coefficient (Wildman–Crippen LogP) is 7.87. The third-order valence-electron chi connectivity index (χ3n) is 16.2. The van der Waals surface area contributed by atoms with Crippen LogP contribution in [0.1, 0.15) is 115 Å². The second-order valence-corrected chi connectivity index (χ2v) is 18.8. The molecule has 7 heteroatoms. The van der Waals surface area contributed by atoms with E-state index in [1.54, 1.807) is 0 Å². The lowest BCUT2D eigenvalue weighted by molar-refractivity contribution is -0.271. The van der Waals surface area contributed by atoms with Crippen molar-refractivity contribution in [2.75, 3.05) is 33.9 Å². The number of allylic oxidation sites excluding steroid dienone is 1. The molecule has 0 aromatic carbocycles. The van der Waals surface area contributed by atoms with Crippen LogP contribution in [0, 0.1) is 62.6 Å². The second kappa shape index (κ2) is 12.1. The molecule has 5 aliphatic rings. The third kappa shape index (κ3) is 5.20. The van der Waals surface area contributed by atoms with Gasteiger partial charge in [0, 0.05) is 23.3 Å². The van der Waals surface area contributed by atoms with Crippen molar-refractivity contribution >= 4 is 11.9 Å². The van der Waals surface area contributed by atoms with Gasteiger partial charge in [0.15, 0.2) is 0 Å². The smallest absolute Gasteiger partial charge is 0.307 e. The van der Waals surface area contributed by atoms with Gasteiger partial charge < -0.3 is 24.2 Å². The van der Waals surface area contributed by atoms with Crippen molar-refractivity contribution in [2.45, 2.75) is 132 Å². The summed E-state index contributed by atoms with van der Waals surface area (Å²) < 4.78 is 19.9. The molecular formula is C40H67NO6. The molecule has 2 bridgehead atoms. The quantitative estimate of drug-likeness (QED) is 0.200. The first-order valence-electron chi connectivity index (χ1n) is 18.6. The van der Waals surface area contributed by atoms with E-state index in [9.17, 15) is 14.7 Å². The van der Waals surface area contributed by atoms with Crippen LogP contribution in [0.15, 0.2) is 11.6 Å². The molecule has 4 aliphatic carbocycles. The molecule has 0 amide bonds. The summed E-state index contributed by atoms with van der Waals surface area (Å²) in [5.74, 6) is 0.394. The first-order valence-corrected chi connectivity index (χ1v) is 18.6. The van der Waals surface area contributed by atoms with Crippen molar-refractivity contribution in [3.63, 3.8) is 0 Å². The van der Waals surface area contributed by atoms with Gasteiger partial charge in [-0.15, -0.1) is 0 Å². The minimum absolute atomic E-state index is 0.154. The number of rotatable bonds is 9. The molecule has 12 atom stereocenters. The largest absolute Gasteiger partial charge is 0.481 e. The normalized spacial score (nSPS) is 44.9. The Balaban J connectivity index is 1.57. The topological polar surface area (TPSA) is 85.3 Å². The molecule has 1 heterocycles. The van der Waals surface area contributed by atoms with Crippen molar-refractivity contribution < 1.29 is 28.9 Å². The number of fused-ring (bicyclic) bond motifs is 3.